The monoisotopic (exact) mass is 366 g/mol. The lowest BCUT2D eigenvalue weighted by Crippen LogP contribution is -2.23. The highest BCUT2D eigenvalue weighted by molar-refractivity contribution is 7.92. The van der Waals surface area contributed by atoms with Gasteiger partial charge in [0.25, 0.3) is 15.9 Å². The minimum absolute atomic E-state index is 0.0404. The van der Waals surface area contributed by atoms with Crippen LogP contribution in [-0.4, -0.2) is 38.3 Å². The molecule has 0 saturated carbocycles. The van der Waals surface area contributed by atoms with E-state index < -0.39 is 15.9 Å². The smallest absolute Gasteiger partial charge is 0.279 e. The van der Waals surface area contributed by atoms with Crippen LogP contribution in [0, 0.1) is 6.92 Å². The molecule has 25 heavy (non-hydrogen) atoms. The van der Waals surface area contributed by atoms with Crippen LogP contribution in [0.2, 0.25) is 0 Å². The van der Waals surface area contributed by atoms with Gasteiger partial charge in [-0.1, -0.05) is 0 Å². The number of carbonyl (C=O) groups excluding carboxylic acids is 1. The molecular formula is C16H22N4O4S. The Morgan fingerprint density at radius 3 is 2.52 bits per heavy atom. The molecule has 0 aliphatic heterocycles. The van der Waals surface area contributed by atoms with Crippen molar-refractivity contribution in [3.63, 3.8) is 0 Å². The number of anilines is 1. The number of methoxy groups -OCH3 is 1. The third kappa shape index (κ3) is 3.93. The van der Waals surface area contributed by atoms with Crippen molar-refractivity contribution in [1.82, 2.24) is 15.1 Å². The molecule has 9 heteroatoms. The molecular weight excluding hydrogens is 344 g/mol. The highest BCUT2D eigenvalue weighted by Crippen LogP contribution is 2.26. The summed E-state index contributed by atoms with van der Waals surface area (Å²) in [6.07, 6.45) is 0. The second-order valence-corrected chi connectivity index (χ2v) is 7.39. The van der Waals surface area contributed by atoms with Crippen LogP contribution in [-0.2, 0) is 10.0 Å². The van der Waals surface area contributed by atoms with E-state index in [1.807, 2.05) is 13.8 Å². The van der Waals surface area contributed by atoms with E-state index in [0.717, 1.165) is 0 Å². The van der Waals surface area contributed by atoms with Gasteiger partial charge in [0, 0.05) is 13.1 Å². The molecule has 0 aliphatic carbocycles. The first-order valence-electron chi connectivity index (χ1n) is 7.68. The lowest BCUT2D eigenvalue weighted by molar-refractivity contribution is 0.0963. The summed E-state index contributed by atoms with van der Waals surface area (Å²) < 4.78 is 34.7. The Hall–Kier alpha value is -2.55. The number of sulfonamides is 1. The second-order valence-electron chi connectivity index (χ2n) is 5.76. The SMILES string of the molecule is CNC(=O)c1cc(OC)ccc1NS(=O)(=O)c1cc(C)nn1C(C)C. The average Bonchev–Trinajstić information content (AvgIpc) is 2.97. The summed E-state index contributed by atoms with van der Waals surface area (Å²) >= 11 is 0. The molecule has 2 aromatic rings. The zero-order valence-electron chi connectivity index (χ0n) is 14.8. The summed E-state index contributed by atoms with van der Waals surface area (Å²) in [5.41, 5.74) is 0.919. The van der Waals surface area contributed by atoms with Crippen LogP contribution in [0.5, 0.6) is 5.75 Å². The molecule has 0 aliphatic rings. The Labute approximate surface area is 147 Å². The molecule has 0 saturated heterocycles. The van der Waals surface area contributed by atoms with Gasteiger partial charge in [0.1, 0.15) is 5.75 Å². The maximum Gasteiger partial charge on any atom is 0.279 e. The molecule has 136 valence electrons. The van der Waals surface area contributed by atoms with Gasteiger partial charge >= 0.3 is 0 Å². The number of ether oxygens (including phenoxy) is 1. The lowest BCUT2D eigenvalue weighted by atomic mass is 10.1. The van der Waals surface area contributed by atoms with Gasteiger partial charge in [-0.2, -0.15) is 13.5 Å². The summed E-state index contributed by atoms with van der Waals surface area (Å²) in [6, 6.07) is 5.90. The summed E-state index contributed by atoms with van der Waals surface area (Å²) in [6.45, 7) is 5.41. The molecule has 1 heterocycles. The van der Waals surface area contributed by atoms with E-state index in [2.05, 4.69) is 15.1 Å². The maximum atomic E-state index is 12.8. The Morgan fingerprint density at radius 1 is 1.28 bits per heavy atom. The van der Waals surface area contributed by atoms with Crippen molar-refractivity contribution in [3.05, 3.63) is 35.5 Å². The largest absolute Gasteiger partial charge is 0.497 e. The normalized spacial score (nSPS) is 11.4. The summed E-state index contributed by atoms with van der Waals surface area (Å²) in [7, 11) is -0.984. The highest BCUT2D eigenvalue weighted by atomic mass is 32.2. The van der Waals surface area contributed by atoms with E-state index >= 15 is 0 Å². The average molecular weight is 366 g/mol. The van der Waals surface area contributed by atoms with E-state index in [1.165, 1.54) is 37.0 Å². The van der Waals surface area contributed by atoms with Crippen molar-refractivity contribution >= 4 is 21.6 Å². The van der Waals surface area contributed by atoms with Crippen LogP contribution in [0.15, 0.2) is 29.3 Å². The number of nitrogens with zero attached hydrogens (tertiary/aromatic N) is 2. The minimum Gasteiger partial charge on any atom is -0.497 e. The fraction of sp³-hybridized carbons (Fsp3) is 0.375. The third-order valence-corrected chi connectivity index (χ3v) is 4.88. The molecule has 1 aromatic heterocycles. The second kappa shape index (κ2) is 7.14. The maximum absolute atomic E-state index is 12.8. The predicted octanol–water partition coefficient (Wildman–Crippen LogP) is 1.94. The Balaban J connectivity index is 2.50. The molecule has 8 nitrogen and oxygen atoms in total. The van der Waals surface area contributed by atoms with Crippen molar-refractivity contribution in [3.8, 4) is 5.75 Å². The van der Waals surface area contributed by atoms with E-state index in [1.54, 1.807) is 13.0 Å². The number of aromatic nitrogens is 2. The van der Waals surface area contributed by atoms with Crippen molar-refractivity contribution in [1.29, 1.82) is 0 Å². The number of amides is 1. The zero-order valence-corrected chi connectivity index (χ0v) is 15.6. The van der Waals surface area contributed by atoms with Gasteiger partial charge in [-0.05, 0) is 45.0 Å². The van der Waals surface area contributed by atoms with Crippen LogP contribution >= 0.6 is 0 Å². The molecule has 1 aromatic carbocycles. The fourth-order valence-corrected chi connectivity index (χ4v) is 3.72. The number of aryl methyl sites for hydroxylation is 1. The third-order valence-electron chi connectivity index (χ3n) is 3.53. The van der Waals surface area contributed by atoms with E-state index in [0.29, 0.717) is 11.4 Å². The summed E-state index contributed by atoms with van der Waals surface area (Å²) in [5, 5.41) is 6.74. The summed E-state index contributed by atoms with van der Waals surface area (Å²) in [4.78, 5) is 12.1. The van der Waals surface area contributed by atoms with Crippen LogP contribution in [0.4, 0.5) is 5.69 Å². The predicted molar refractivity (Wildman–Crippen MR) is 94.5 cm³/mol. The molecule has 0 atom stereocenters. The van der Waals surface area contributed by atoms with Gasteiger partial charge in [-0.25, -0.2) is 4.68 Å². The molecule has 0 unspecified atom stereocenters. The van der Waals surface area contributed by atoms with Crippen molar-refractivity contribution < 1.29 is 17.9 Å². The van der Waals surface area contributed by atoms with Crippen LogP contribution < -0.4 is 14.8 Å². The van der Waals surface area contributed by atoms with Crippen molar-refractivity contribution in [2.24, 2.45) is 0 Å². The topological polar surface area (TPSA) is 102 Å². The molecule has 0 spiro atoms. The summed E-state index contributed by atoms with van der Waals surface area (Å²) in [5.74, 6) is 0.0229. The molecule has 2 rings (SSSR count). The quantitative estimate of drug-likeness (QED) is 0.813. The van der Waals surface area contributed by atoms with Crippen LogP contribution in [0.3, 0.4) is 0 Å². The highest BCUT2D eigenvalue weighted by Gasteiger charge is 2.24. The van der Waals surface area contributed by atoms with E-state index in [4.69, 9.17) is 4.74 Å². The van der Waals surface area contributed by atoms with E-state index in [9.17, 15) is 13.2 Å². The molecule has 2 N–H and O–H groups in total. The first-order valence-corrected chi connectivity index (χ1v) is 9.17. The van der Waals surface area contributed by atoms with Crippen LogP contribution in [0.1, 0.15) is 35.9 Å². The first-order chi connectivity index (χ1) is 11.7. The fourth-order valence-electron chi connectivity index (χ4n) is 2.32. The zero-order chi connectivity index (χ0) is 18.8. The Kier molecular flexibility index (Phi) is 5.36. The number of carbonyl (C=O) groups is 1. The van der Waals surface area contributed by atoms with Gasteiger partial charge < -0.3 is 10.1 Å². The minimum atomic E-state index is -3.92. The number of hydrogen-bond donors (Lipinski definition) is 2. The van der Waals surface area contributed by atoms with Crippen molar-refractivity contribution in [2.75, 3.05) is 18.9 Å². The van der Waals surface area contributed by atoms with Gasteiger partial charge in [-0.15, -0.1) is 0 Å². The van der Waals surface area contributed by atoms with Gasteiger partial charge in [0.15, 0.2) is 5.03 Å². The molecule has 0 radical (unpaired) electrons. The van der Waals surface area contributed by atoms with Crippen molar-refractivity contribution in [2.45, 2.75) is 31.8 Å². The first kappa shape index (κ1) is 18.8. The molecule has 0 fully saturated rings. The Bertz CT molecular complexity index is 888. The Morgan fingerprint density at radius 2 is 1.96 bits per heavy atom. The number of rotatable bonds is 6. The molecule has 0 bridgehead atoms. The van der Waals surface area contributed by atoms with Gasteiger partial charge in [0.2, 0.25) is 0 Å². The van der Waals surface area contributed by atoms with E-state index in [-0.39, 0.29) is 22.3 Å². The number of nitrogens with one attached hydrogen (secondary N) is 2. The lowest BCUT2D eigenvalue weighted by Gasteiger charge is -2.15. The van der Waals surface area contributed by atoms with Gasteiger partial charge in [0.05, 0.1) is 24.1 Å². The number of hydrogen-bond acceptors (Lipinski definition) is 5. The standard InChI is InChI=1S/C16H22N4O4S/c1-10(2)20-15(8-11(3)18-20)25(22,23)19-14-7-6-12(24-5)9-13(14)16(21)17-4/h6-10,19H,1-5H3,(H,17,21). The van der Waals surface area contributed by atoms with Crippen LogP contribution in [0.25, 0.3) is 0 Å². The van der Waals surface area contributed by atoms with Gasteiger partial charge in [-0.3, -0.25) is 9.52 Å². The number of benzene rings is 1. The molecule has 1 amide bonds.